The molecule has 4 heteroatoms. The zero-order valence-corrected chi connectivity index (χ0v) is 10.6. The van der Waals surface area contributed by atoms with Crippen LogP contribution in [0.25, 0.3) is 0 Å². The SMILES string of the molecule is CNC(C)N(C)c1ccc(F)cc1NC1CC1. The summed E-state index contributed by atoms with van der Waals surface area (Å²) in [5.74, 6) is -0.192. The van der Waals surface area contributed by atoms with E-state index in [2.05, 4.69) is 22.5 Å². The maximum absolute atomic E-state index is 13.3. The molecule has 0 bridgehead atoms. The predicted molar refractivity (Wildman–Crippen MR) is 70.0 cm³/mol. The highest BCUT2D eigenvalue weighted by Gasteiger charge is 2.23. The molecule has 1 saturated carbocycles. The van der Waals surface area contributed by atoms with Crippen molar-refractivity contribution in [3.8, 4) is 0 Å². The van der Waals surface area contributed by atoms with Crippen LogP contribution in [0, 0.1) is 5.82 Å². The van der Waals surface area contributed by atoms with Crippen LogP contribution in [0.2, 0.25) is 0 Å². The molecule has 0 heterocycles. The van der Waals surface area contributed by atoms with E-state index in [-0.39, 0.29) is 12.0 Å². The second-order valence-electron chi connectivity index (χ2n) is 4.66. The van der Waals surface area contributed by atoms with Crippen molar-refractivity contribution in [3.63, 3.8) is 0 Å². The summed E-state index contributed by atoms with van der Waals surface area (Å²) < 4.78 is 13.3. The molecule has 1 aromatic carbocycles. The lowest BCUT2D eigenvalue weighted by Gasteiger charge is -2.28. The van der Waals surface area contributed by atoms with Gasteiger partial charge in [0.15, 0.2) is 0 Å². The summed E-state index contributed by atoms with van der Waals surface area (Å²) in [5, 5.41) is 6.55. The Kier molecular flexibility index (Phi) is 3.52. The molecule has 1 fully saturated rings. The van der Waals surface area contributed by atoms with E-state index >= 15 is 0 Å². The fourth-order valence-corrected chi connectivity index (χ4v) is 1.78. The molecular weight excluding hydrogens is 217 g/mol. The van der Waals surface area contributed by atoms with Crippen molar-refractivity contribution in [2.45, 2.75) is 32.0 Å². The maximum Gasteiger partial charge on any atom is 0.125 e. The molecule has 1 aliphatic rings. The van der Waals surface area contributed by atoms with Gasteiger partial charge in [0.25, 0.3) is 0 Å². The van der Waals surface area contributed by atoms with Gasteiger partial charge in [0, 0.05) is 13.1 Å². The molecule has 0 amide bonds. The molecule has 0 aliphatic heterocycles. The highest BCUT2D eigenvalue weighted by molar-refractivity contribution is 5.70. The largest absolute Gasteiger partial charge is 0.381 e. The molecule has 3 nitrogen and oxygen atoms in total. The molecule has 0 radical (unpaired) electrons. The van der Waals surface area contributed by atoms with Gasteiger partial charge >= 0.3 is 0 Å². The Balaban J connectivity index is 2.24. The van der Waals surface area contributed by atoms with Crippen molar-refractivity contribution < 1.29 is 4.39 Å². The van der Waals surface area contributed by atoms with Gasteiger partial charge in [-0.15, -0.1) is 0 Å². The number of benzene rings is 1. The van der Waals surface area contributed by atoms with Crippen molar-refractivity contribution in [2.75, 3.05) is 24.3 Å². The van der Waals surface area contributed by atoms with E-state index in [1.807, 2.05) is 20.2 Å². The van der Waals surface area contributed by atoms with Crippen molar-refractivity contribution in [1.29, 1.82) is 0 Å². The molecule has 0 spiro atoms. The third-order valence-corrected chi connectivity index (χ3v) is 3.27. The van der Waals surface area contributed by atoms with E-state index in [1.54, 1.807) is 6.07 Å². The second-order valence-corrected chi connectivity index (χ2v) is 4.66. The van der Waals surface area contributed by atoms with Crippen LogP contribution in [-0.2, 0) is 0 Å². The van der Waals surface area contributed by atoms with E-state index in [0.29, 0.717) is 6.04 Å². The van der Waals surface area contributed by atoms with Gasteiger partial charge in [-0.05, 0) is 45.0 Å². The molecule has 17 heavy (non-hydrogen) atoms. The highest BCUT2D eigenvalue weighted by atomic mass is 19.1. The molecule has 1 unspecified atom stereocenters. The van der Waals surface area contributed by atoms with Crippen LogP contribution >= 0.6 is 0 Å². The van der Waals surface area contributed by atoms with Crippen LogP contribution in [0.15, 0.2) is 18.2 Å². The van der Waals surface area contributed by atoms with Crippen molar-refractivity contribution in [3.05, 3.63) is 24.0 Å². The molecule has 1 aromatic rings. The highest BCUT2D eigenvalue weighted by Crippen LogP contribution is 2.32. The molecule has 2 rings (SSSR count). The topological polar surface area (TPSA) is 27.3 Å². The average molecular weight is 237 g/mol. The van der Waals surface area contributed by atoms with Gasteiger partial charge in [0.2, 0.25) is 0 Å². The second kappa shape index (κ2) is 4.92. The first kappa shape index (κ1) is 12.2. The predicted octanol–water partition coefficient (Wildman–Crippen LogP) is 2.40. The van der Waals surface area contributed by atoms with Crippen LogP contribution in [-0.4, -0.2) is 26.3 Å². The van der Waals surface area contributed by atoms with E-state index < -0.39 is 0 Å². The minimum Gasteiger partial charge on any atom is -0.381 e. The number of halogens is 1. The molecule has 1 atom stereocenters. The Morgan fingerprint density at radius 3 is 2.71 bits per heavy atom. The summed E-state index contributed by atoms with van der Waals surface area (Å²) in [5.41, 5.74) is 1.91. The fourth-order valence-electron chi connectivity index (χ4n) is 1.78. The van der Waals surface area contributed by atoms with Crippen LogP contribution in [0.5, 0.6) is 0 Å². The van der Waals surface area contributed by atoms with E-state index in [1.165, 1.54) is 18.9 Å². The average Bonchev–Trinajstić information content (AvgIpc) is 3.11. The lowest BCUT2D eigenvalue weighted by atomic mass is 10.2. The third kappa shape index (κ3) is 2.88. The normalized spacial score (nSPS) is 16.7. The summed E-state index contributed by atoms with van der Waals surface area (Å²) in [4.78, 5) is 2.10. The Bertz CT molecular complexity index is 390. The number of nitrogens with zero attached hydrogens (tertiary/aromatic N) is 1. The summed E-state index contributed by atoms with van der Waals surface area (Å²) in [7, 11) is 3.92. The monoisotopic (exact) mass is 237 g/mol. The van der Waals surface area contributed by atoms with Gasteiger partial charge in [0.1, 0.15) is 5.82 Å². The smallest absolute Gasteiger partial charge is 0.125 e. The van der Waals surface area contributed by atoms with Gasteiger partial charge in [-0.2, -0.15) is 0 Å². The number of rotatable bonds is 5. The fraction of sp³-hybridized carbons (Fsp3) is 0.538. The van der Waals surface area contributed by atoms with Gasteiger partial charge < -0.3 is 15.5 Å². The van der Waals surface area contributed by atoms with Gasteiger partial charge in [-0.3, -0.25) is 0 Å². The first-order chi connectivity index (χ1) is 8.11. The number of hydrogen-bond donors (Lipinski definition) is 2. The summed E-state index contributed by atoms with van der Waals surface area (Å²) >= 11 is 0. The van der Waals surface area contributed by atoms with Crippen molar-refractivity contribution >= 4 is 11.4 Å². The lowest BCUT2D eigenvalue weighted by molar-refractivity contribution is 0.597. The van der Waals surface area contributed by atoms with Gasteiger partial charge in [-0.1, -0.05) is 0 Å². The number of nitrogens with one attached hydrogen (secondary N) is 2. The Hall–Kier alpha value is -1.29. The van der Waals surface area contributed by atoms with Crippen molar-refractivity contribution in [2.24, 2.45) is 0 Å². The maximum atomic E-state index is 13.3. The number of anilines is 2. The molecule has 0 aromatic heterocycles. The minimum absolute atomic E-state index is 0.192. The van der Waals surface area contributed by atoms with Gasteiger partial charge in [-0.25, -0.2) is 4.39 Å². The van der Waals surface area contributed by atoms with Crippen molar-refractivity contribution in [1.82, 2.24) is 5.32 Å². The Labute approximate surface area is 102 Å². The Morgan fingerprint density at radius 1 is 1.41 bits per heavy atom. The minimum atomic E-state index is -0.192. The van der Waals surface area contributed by atoms with Crippen LogP contribution in [0.1, 0.15) is 19.8 Å². The zero-order chi connectivity index (χ0) is 12.4. The standard InChI is InChI=1S/C13H20FN3/c1-9(15-2)17(3)13-7-4-10(14)8-12(13)16-11-5-6-11/h4,7-9,11,15-16H,5-6H2,1-3H3. The number of hydrogen-bond acceptors (Lipinski definition) is 3. The first-order valence-corrected chi connectivity index (χ1v) is 6.08. The molecule has 0 saturated heterocycles. The molecular formula is C13H20FN3. The van der Waals surface area contributed by atoms with Gasteiger partial charge in [0.05, 0.1) is 17.5 Å². The van der Waals surface area contributed by atoms with Crippen LogP contribution in [0.3, 0.4) is 0 Å². The van der Waals surface area contributed by atoms with E-state index in [0.717, 1.165) is 11.4 Å². The first-order valence-electron chi connectivity index (χ1n) is 6.08. The third-order valence-electron chi connectivity index (χ3n) is 3.27. The molecule has 1 aliphatic carbocycles. The summed E-state index contributed by atoms with van der Waals surface area (Å²) in [6.07, 6.45) is 2.57. The van der Waals surface area contributed by atoms with E-state index in [4.69, 9.17) is 0 Å². The van der Waals surface area contributed by atoms with Crippen LogP contribution < -0.4 is 15.5 Å². The van der Waals surface area contributed by atoms with E-state index in [9.17, 15) is 4.39 Å². The molecule has 2 N–H and O–H groups in total. The lowest BCUT2D eigenvalue weighted by Crippen LogP contribution is -2.39. The molecule has 94 valence electrons. The van der Waals surface area contributed by atoms with Crippen LogP contribution in [0.4, 0.5) is 15.8 Å². The summed E-state index contributed by atoms with van der Waals surface area (Å²) in [6.45, 7) is 2.07. The quantitative estimate of drug-likeness (QED) is 0.770. The zero-order valence-electron chi connectivity index (χ0n) is 10.6. The summed E-state index contributed by atoms with van der Waals surface area (Å²) in [6, 6.07) is 5.43. The Morgan fingerprint density at radius 2 is 2.12 bits per heavy atom.